The van der Waals surface area contributed by atoms with Gasteiger partial charge in [0, 0.05) is 94.0 Å². The number of carbonyl (C=O) groups excluding carboxylic acids is 1. The molecule has 41 heavy (non-hydrogen) atoms. The van der Waals surface area contributed by atoms with Crippen LogP contribution < -0.4 is 15.4 Å². The monoisotopic (exact) mass is 570 g/mol. The van der Waals surface area contributed by atoms with Crippen LogP contribution in [0.5, 0.6) is 0 Å². The van der Waals surface area contributed by atoms with E-state index in [-0.39, 0.29) is 11.5 Å². The quantitative estimate of drug-likeness (QED) is 0.332. The summed E-state index contributed by atoms with van der Waals surface area (Å²) < 4.78 is 1.71. The predicted octanol–water partition coefficient (Wildman–Crippen LogP) is 3.70. The second kappa shape index (κ2) is 11.7. The number of hydrogen-bond acceptors (Lipinski definition) is 9. The zero-order chi connectivity index (χ0) is 29.3. The topological polar surface area (TPSA) is 102 Å². The molecule has 1 aliphatic heterocycles. The molecule has 1 fully saturated rings. The largest absolute Gasteiger partial charge is 0.369 e. The van der Waals surface area contributed by atoms with Crippen molar-refractivity contribution in [2.24, 2.45) is 0 Å². The third kappa shape index (κ3) is 5.66. The average molecular weight is 571 g/mol. The van der Waals surface area contributed by atoms with Gasteiger partial charge < -0.3 is 19.3 Å². The second-order valence-corrected chi connectivity index (χ2v) is 11.4. The number of piperazine rings is 1. The number of aromatic nitrogens is 3. The maximum absolute atomic E-state index is 13.3. The van der Waals surface area contributed by atoms with Gasteiger partial charge in [0.2, 0.25) is 5.91 Å². The molecule has 1 saturated heterocycles. The van der Waals surface area contributed by atoms with Crippen LogP contribution in [-0.2, 0) is 11.3 Å². The average Bonchev–Trinajstić information content (AvgIpc) is 3.42. The van der Waals surface area contributed by atoms with Crippen molar-refractivity contribution in [1.29, 1.82) is 5.26 Å². The minimum Gasteiger partial charge on any atom is -0.369 e. The van der Waals surface area contributed by atoms with Gasteiger partial charge >= 0.3 is 0 Å². The molecule has 1 aromatic carbocycles. The molecule has 11 heteroatoms. The normalized spacial score (nSPS) is 13.8. The van der Waals surface area contributed by atoms with Gasteiger partial charge in [-0.05, 0) is 44.2 Å². The number of thiazole rings is 1. The summed E-state index contributed by atoms with van der Waals surface area (Å²) in [6.45, 7) is 7.97. The third-order valence-electron chi connectivity index (χ3n) is 7.53. The number of carbonyl (C=O) groups is 1. The Morgan fingerprint density at radius 1 is 1.10 bits per heavy atom. The molecule has 1 aliphatic rings. The molecule has 0 aliphatic carbocycles. The van der Waals surface area contributed by atoms with Crippen LogP contribution in [0.3, 0.4) is 0 Å². The Hall–Kier alpha value is -4.27. The third-order valence-corrected chi connectivity index (χ3v) is 8.57. The zero-order valence-corrected chi connectivity index (χ0v) is 24.9. The van der Waals surface area contributed by atoms with Crippen molar-refractivity contribution in [1.82, 2.24) is 24.3 Å². The maximum Gasteiger partial charge on any atom is 0.258 e. The molecular weight excluding hydrogens is 536 g/mol. The van der Waals surface area contributed by atoms with Crippen LogP contribution in [0.25, 0.3) is 22.0 Å². The van der Waals surface area contributed by atoms with Crippen molar-refractivity contribution >= 4 is 44.5 Å². The Labute approximate surface area is 243 Å². The molecule has 0 N–H and O–H groups in total. The van der Waals surface area contributed by atoms with Crippen molar-refractivity contribution in [2.45, 2.75) is 20.4 Å². The fourth-order valence-corrected chi connectivity index (χ4v) is 5.85. The summed E-state index contributed by atoms with van der Waals surface area (Å²) in [5.74, 6) is 0.104. The van der Waals surface area contributed by atoms with E-state index in [9.17, 15) is 14.9 Å². The first-order valence-corrected chi connectivity index (χ1v) is 14.4. The molecule has 0 atom stereocenters. The Kier molecular flexibility index (Phi) is 8.06. The van der Waals surface area contributed by atoms with E-state index in [4.69, 9.17) is 4.98 Å². The first kappa shape index (κ1) is 28.3. The highest BCUT2D eigenvalue weighted by molar-refractivity contribution is 7.16. The van der Waals surface area contributed by atoms with Gasteiger partial charge in [0.15, 0.2) is 5.13 Å². The minimum atomic E-state index is -0.0403. The number of likely N-dealkylation sites (N-methyl/N-ethyl adjacent to an activating group) is 1. The number of hydrogen-bond donors (Lipinski definition) is 0. The van der Waals surface area contributed by atoms with Crippen molar-refractivity contribution in [3.05, 3.63) is 63.7 Å². The fraction of sp³-hybridized carbons (Fsp3) is 0.367. The van der Waals surface area contributed by atoms with Gasteiger partial charge in [0.25, 0.3) is 5.56 Å². The lowest BCUT2D eigenvalue weighted by Crippen LogP contribution is -2.49. The molecule has 5 rings (SSSR count). The van der Waals surface area contributed by atoms with Gasteiger partial charge in [-0.3, -0.25) is 19.5 Å². The number of benzene rings is 1. The molecule has 1 amide bonds. The number of amides is 1. The predicted molar refractivity (Wildman–Crippen MR) is 164 cm³/mol. The number of nitriles is 1. The number of fused-ring (bicyclic) bond motifs is 1. The molecular formula is C30H34N8O2S. The molecule has 212 valence electrons. The lowest BCUT2D eigenvalue weighted by molar-refractivity contribution is -0.129. The van der Waals surface area contributed by atoms with Gasteiger partial charge in [0.05, 0.1) is 12.2 Å². The van der Waals surface area contributed by atoms with E-state index in [0.717, 1.165) is 54.2 Å². The number of aryl methyl sites for hydroxylation is 2. The van der Waals surface area contributed by atoms with Crippen LogP contribution in [0.4, 0.5) is 16.5 Å². The summed E-state index contributed by atoms with van der Waals surface area (Å²) in [6.07, 6.45) is 3.61. The van der Waals surface area contributed by atoms with Crippen LogP contribution in [0, 0.1) is 18.3 Å². The Balaban J connectivity index is 1.50. The number of rotatable bonds is 7. The van der Waals surface area contributed by atoms with Crippen LogP contribution in [-0.4, -0.2) is 84.1 Å². The van der Waals surface area contributed by atoms with E-state index in [1.54, 1.807) is 29.8 Å². The van der Waals surface area contributed by atoms with Gasteiger partial charge in [0.1, 0.15) is 16.6 Å². The van der Waals surface area contributed by atoms with Crippen molar-refractivity contribution in [3.8, 4) is 17.3 Å². The van der Waals surface area contributed by atoms with Crippen LogP contribution >= 0.6 is 11.3 Å². The summed E-state index contributed by atoms with van der Waals surface area (Å²) in [6, 6.07) is 12.1. The Morgan fingerprint density at radius 3 is 2.49 bits per heavy atom. The van der Waals surface area contributed by atoms with Gasteiger partial charge in [-0.25, -0.2) is 4.98 Å². The molecule has 0 bridgehead atoms. The molecule has 10 nitrogen and oxygen atoms in total. The van der Waals surface area contributed by atoms with Gasteiger partial charge in [-0.15, -0.1) is 0 Å². The van der Waals surface area contributed by atoms with Crippen molar-refractivity contribution in [3.63, 3.8) is 0 Å². The lowest BCUT2D eigenvalue weighted by atomic mass is 10.1. The lowest BCUT2D eigenvalue weighted by Gasteiger charge is -2.36. The summed E-state index contributed by atoms with van der Waals surface area (Å²) in [5, 5.41) is 12.0. The van der Waals surface area contributed by atoms with E-state index in [2.05, 4.69) is 26.9 Å². The minimum absolute atomic E-state index is 0.0403. The fourth-order valence-electron chi connectivity index (χ4n) is 4.99. The summed E-state index contributed by atoms with van der Waals surface area (Å²) >= 11 is 1.32. The Morgan fingerprint density at radius 2 is 1.85 bits per heavy atom. The van der Waals surface area contributed by atoms with Gasteiger partial charge in [-0.2, -0.15) is 5.26 Å². The van der Waals surface area contributed by atoms with Crippen LogP contribution in [0.2, 0.25) is 0 Å². The number of pyridine rings is 2. The highest BCUT2D eigenvalue weighted by Crippen LogP contribution is 2.38. The van der Waals surface area contributed by atoms with Crippen molar-refractivity contribution < 1.29 is 4.79 Å². The first-order valence-electron chi connectivity index (χ1n) is 13.6. The molecule has 4 aromatic rings. The van der Waals surface area contributed by atoms with Crippen molar-refractivity contribution in [2.75, 3.05) is 63.7 Å². The van der Waals surface area contributed by atoms with E-state index >= 15 is 0 Å². The summed E-state index contributed by atoms with van der Waals surface area (Å²) in [7, 11) is 5.48. The molecule has 0 radical (unpaired) electrons. The second-order valence-electron chi connectivity index (χ2n) is 10.4. The van der Waals surface area contributed by atoms with Crippen LogP contribution in [0.1, 0.15) is 17.5 Å². The Bertz CT molecular complexity index is 1680. The number of nitrogens with zero attached hydrogens (tertiary/aromatic N) is 8. The smallest absolute Gasteiger partial charge is 0.258 e. The van der Waals surface area contributed by atoms with E-state index < -0.39 is 0 Å². The molecule has 3 aromatic heterocycles. The van der Waals surface area contributed by atoms with Gasteiger partial charge in [-0.1, -0.05) is 11.3 Å². The van der Waals surface area contributed by atoms with E-state index in [0.29, 0.717) is 34.2 Å². The summed E-state index contributed by atoms with van der Waals surface area (Å²) in [5.41, 5.74) is 4.12. The SMILES string of the molecule is CCn1cc(N(C)c2nc(-c3ccc(C)nc3)c(C#N)s2)c2cc(N3CCN(CC(=O)N(C)C)CC3)ccc2c1=O. The maximum atomic E-state index is 13.3. The highest BCUT2D eigenvalue weighted by Gasteiger charge is 2.23. The standard InChI is InChI=1S/C30H34N8O2S/c1-6-37-18-25(35(5)30-33-28(26(16-31)41-30)21-8-7-20(2)32-17-21)24-15-22(9-10-23(24)29(37)40)38-13-11-36(12-14-38)19-27(39)34(3)4/h7-10,15,17-18H,6,11-14,19H2,1-5H3. The molecule has 0 unspecified atom stereocenters. The molecule has 0 spiro atoms. The van der Waals surface area contributed by atoms with E-state index in [1.807, 2.05) is 56.3 Å². The molecule has 0 saturated carbocycles. The van der Waals surface area contributed by atoms with Crippen LogP contribution in [0.15, 0.2) is 47.5 Å². The zero-order valence-electron chi connectivity index (χ0n) is 24.1. The first-order chi connectivity index (χ1) is 19.7. The molecule has 4 heterocycles. The highest BCUT2D eigenvalue weighted by atomic mass is 32.1. The van der Waals surface area contributed by atoms with E-state index in [1.165, 1.54) is 11.3 Å². The summed E-state index contributed by atoms with van der Waals surface area (Å²) in [4.78, 5) is 43.2. The number of anilines is 3.